The first kappa shape index (κ1) is 18.5. The average Bonchev–Trinajstić information content (AvgIpc) is 3.44. The summed E-state index contributed by atoms with van der Waals surface area (Å²) in [7, 11) is 1.59. The van der Waals surface area contributed by atoms with Crippen LogP contribution in [-0.4, -0.2) is 42.4 Å². The number of methoxy groups -OCH3 is 1. The van der Waals surface area contributed by atoms with E-state index in [0.717, 1.165) is 23.8 Å². The van der Waals surface area contributed by atoms with Gasteiger partial charge in [0.2, 0.25) is 0 Å². The molecule has 1 amide bonds. The van der Waals surface area contributed by atoms with E-state index in [4.69, 9.17) is 9.47 Å². The molecule has 142 valence electrons. The highest BCUT2D eigenvalue weighted by molar-refractivity contribution is 8.18. The number of rotatable bonds is 6. The van der Waals surface area contributed by atoms with Crippen molar-refractivity contribution in [2.24, 2.45) is 4.99 Å². The molecule has 8 heteroatoms. The van der Waals surface area contributed by atoms with Crippen molar-refractivity contribution in [3.8, 4) is 11.8 Å². The van der Waals surface area contributed by atoms with Crippen LogP contribution in [0.25, 0.3) is 17.0 Å². The molecular weight excluding hydrogens is 376 g/mol. The van der Waals surface area contributed by atoms with Crippen molar-refractivity contribution in [1.82, 2.24) is 10.3 Å². The van der Waals surface area contributed by atoms with Crippen LogP contribution < -0.4 is 10.1 Å². The molecule has 1 fully saturated rings. The molecule has 1 aliphatic heterocycles. The first-order chi connectivity index (χ1) is 13.7. The monoisotopic (exact) mass is 394 g/mol. The van der Waals surface area contributed by atoms with E-state index >= 15 is 0 Å². The van der Waals surface area contributed by atoms with Gasteiger partial charge in [-0.25, -0.2) is 0 Å². The van der Waals surface area contributed by atoms with E-state index in [1.807, 2.05) is 18.2 Å². The number of benzene rings is 1. The maximum Gasteiger partial charge on any atom is 0.286 e. The second-order valence-corrected chi connectivity index (χ2v) is 7.51. The van der Waals surface area contributed by atoms with Crippen LogP contribution in [0.3, 0.4) is 0 Å². The van der Waals surface area contributed by atoms with Gasteiger partial charge in [0.25, 0.3) is 5.91 Å². The standard InChI is InChI=1S/C20H18N4O3S/c1-26-6-7-27-18-13(10-21)11-22-16-5-2-12(8-15(16)18)9-17-19(25)24-20(28-17)23-14-3-4-14/h2,5,8-9,11,14H,3-4,6-7H2,1H3,(H,23,24,25)/b17-9-. The normalized spacial score (nSPS) is 17.6. The fourth-order valence-corrected chi connectivity index (χ4v) is 3.65. The van der Waals surface area contributed by atoms with E-state index in [-0.39, 0.29) is 5.91 Å². The van der Waals surface area contributed by atoms with Gasteiger partial charge in [0.1, 0.15) is 24.0 Å². The number of nitrogens with one attached hydrogen (secondary N) is 1. The summed E-state index contributed by atoms with van der Waals surface area (Å²) in [6.45, 7) is 0.742. The molecule has 2 aliphatic rings. The molecule has 1 N–H and O–H groups in total. The largest absolute Gasteiger partial charge is 0.489 e. The van der Waals surface area contributed by atoms with Gasteiger partial charge in [-0.15, -0.1) is 0 Å². The zero-order chi connectivity index (χ0) is 19.5. The molecule has 4 rings (SSSR count). The highest BCUT2D eigenvalue weighted by Gasteiger charge is 2.28. The van der Waals surface area contributed by atoms with Gasteiger partial charge in [-0.3, -0.25) is 9.78 Å². The van der Waals surface area contributed by atoms with E-state index in [0.29, 0.717) is 46.2 Å². The number of hydrogen-bond acceptors (Lipinski definition) is 7. The number of aliphatic imine (C=N–C) groups is 1. The molecule has 1 aromatic heterocycles. The van der Waals surface area contributed by atoms with Crippen molar-refractivity contribution < 1.29 is 14.3 Å². The molecule has 1 aromatic carbocycles. The molecular formula is C20H18N4O3S. The van der Waals surface area contributed by atoms with Gasteiger partial charge in [-0.2, -0.15) is 10.3 Å². The molecule has 0 spiro atoms. The van der Waals surface area contributed by atoms with Gasteiger partial charge in [0.15, 0.2) is 5.17 Å². The average molecular weight is 394 g/mol. The number of carbonyl (C=O) groups excluding carboxylic acids is 1. The summed E-state index contributed by atoms with van der Waals surface area (Å²) >= 11 is 1.35. The summed E-state index contributed by atoms with van der Waals surface area (Å²) in [5, 5.41) is 14.0. The SMILES string of the molecule is COCCOc1c(C#N)cnc2ccc(/C=C3\SC(NC4CC4)=NC3=O)cc12. The van der Waals surface area contributed by atoms with Crippen molar-refractivity contribution in [3.63, 3.8) is 0 Å². The number of hydrogen-bond donors (Lipinski definition) is 1. The number of amidine groups is 1. The van der Waals surface area contributed by atoms with E-state index in [1.54, 1.807) is 13.2 Å². The maximum atomic E-state index is 12.2. The number of nitrogens with zero attached hydrogens (tertiary/aromatic N) is 3. The second-order valence-electron chi connectivity index (χ2n) is 6.48. The van der Waals surface area contributed by atoms with Crippen molar-refractivity contribution in [3.05, 3.63) is 40.4 Å². The van der Waals surface area contributed by atoms with Crippen LogP contribution in [0.2, 0.25) is 0 Å². The Balaban J connectivity index is 1.64. The highest BCUT2D eigenvalue weighted by atomic mass is 32.2. The number of aromatic nitrogens is 1. The highest BCUT2D eigenvalue weighted by Crippen LogP contribution is 2.33. The molecule has 0 saturated heterocycles. The second kappa shape index (κ2) is 8.00. The van der Waals surface area contributed by atoms with Gasteiger partial charge < -0.3 is 14.8 Å². The summed E-state index contributed by atoms with van der Waals surface area (Å²) in [6, 6.07) is 8.16. The van der Waals surface area contributed by atoms with E-state index in [2.05, 4.69) is 21.4 Å². The number of carbonyl (C=O) groups is 1. The van der Waals surface area contributed by atoms with Gasteiger partial charge in [-0.05, 0) is 48.4 Å². The third kappa shape index (κ3) is 4.01. The lowest BCUT2D eigenvalue weighted by Gasteiger charge is -2.11. The van der Waals surface area contributed by atoms with E-state index < -0.39 is 0 Å². The Kier molecular flexibility index (Phi) is 5.28. The molecule has 0 bridgehead atoms. The zero-order valence-electron chi connectivity index (χ0n) is 15.3. The first-order valence-corrected chi connectivity index (χ1v) is 9.73. The molecule has 2 heterocycles. The lowest BCUT2D eigenvalue weighted by molar-refractivity contribution is -0.113. The predicted octanol–water partition coefficient (Wildman–Crippen LogP) is 2.85. The van der Waals surface area contributed by atoms with Crippen LogP contribution in [0.5, 0.6) is 5.75 Å². The summed E-state index contributed by atoms with van der Waals surface area (Å²) in [5.41, 5.74) is 1.89. The van der Waals surface area contributed by atoms with Crippen molar-refractivity contribution in [2.75, 3.05) is 20.3 Å². The fraction of sp³-hybridized carbons (Fsp3) is 0.300. The van der Waals surface area contributed by atoms with Gasteiger partial charge in [0, 0.05) is 24.7 Å². The van der Waals surface area contributed by atoms with Crippen LogP contribution >= 0.6 is 11.8 Å². The van der Waals surface area contributed by atoms with Crippen molar-refractivity contribution >= 4 is 39.8 Å². The molecule has 28 heavy (non-hydrogen) atoms. The number of thioether (sulfide) groups is 1. The molecule has 0 radical (unpaired) electrons. The number of amides is 1. The minimum atomic E-state index is -0.242. The summed E-state index contributed by atoms with van der Waals surface area (Å²) in [4.78, 5) is 21.1. The van der Waals surface area contributed by atoms with Gasteiger partial charge >= 0.3 is 0 Å². The molecule has 1 saturated carbocycles. The molecule has 0 unspecified atom stereocenters. The molecule has 2 aromatic rings. The third-order valence-electron chi connectivity index (χ3n) is 4.32. The number of fused-ring (bicyclic) bond motifs is 1. The summed E-state index contributed by atoms with van der Waals surface area (Å²) in [5.74, 6) is 0.233. The lowest BCUT2D eigenvalue weighted by atomic mass is 10.1. The number of pyridine rings is 1. The van der Waals surface area contributed by atoms with Crippen molar-refractivity contribution in [2.45, 2.75) is 18.9 Å². The minimum absolute atomic E-state index is 0.242. The quantitative estimate of drug-likeness (QED) is 0.594. The Morgan fingerprint density at radius 3 is 3.00 bits per heavy atom. The Hall–Kier alpha value is -2.89. The van der Waals surface area contributed by atoms with Crippen LogP contribution in [0.4, 0.5) is 0 Å². The zero-order valence-corrected chi connectivity index (χ0v) is 16.1. The third-order valence-corrected chi connectivity index (χ3v) is 5.23. The Bertz CT molecular complexity index is 1040. The first-order valence-electron chi connectivity index (χ1n) is 8.91. The predicted molar refractivity (Wildman–Crippen MR) is 108 cm³/mol. The molecule has 0 atom stereocenters. The number of ether oxygens (including phenoxy) is 2. The number of nitriles is 1. The molecule has 7 nitrogen and oxygen atoms in total. The van der Waals surface area contributed by atoms with E-state index in [9.17, 15) is 10.1 Å². The van der Waals surface area contributed by atoms with Crippen LogP contribution in [0.15, 0.2) is 34.3 Å². The lowest BCUT2D eigenvalue weighted by Crippen LogP contribution is -2.20. The van der Waals surface area contributed by atoms with E-state index in [1.165, 1.54) is 18.0 Å². The van der Waals surface area contributed by atoms with Crippen molar-refractivity contribution in [1.29, 1.82) is 5.26 Å². The van der Waals surface area contributed by atoms with Crippen LogP contribution in [0.1, 0.15) is 24.0 Å². The minimum Gasteiger partial charge on any atom is -0.489 e. The maximum absolute atomic E-state index is 12.2. The summed E-state index contributed by atoms with van der Waals surface area (Å²) < 4.78 is 10.8. The summed E-state index contributed by atoms with van der Waals surface area (Å²) in [6.07, 6.45) is 5.55. The smallest absolute Gasteiger partial charge is 0.286 e. The Labute approximate surface area is 166 Å². The Morgan fingerprint density at radius 1 is 1.39 bits per heavy atom. The molecule has 1 aliphatic carbocycles. The fourth-order valence-electron chi connectivity index (χ4n) is 2.76. The van der Waals surface area contributed by atoms with Gasteiger partial charge in [0.05, 0.1) is 17.0 Å². The topological polar surface area (TPSA) is 96.6 Å². The van der Waals surface area contributed by atoms with Gasteiger partial charge in [-0.1, -0.05) is 6.07 Å². The van der Waals surface area contributed by atoms with Crippen LogP contribution in [0, 0.1) is 11.3 Å². The van der Waals surface area contributed by atoms with Crippen LogP contribution in [-0.2, 0) is 9.53 Å². The Morgan fingerprint density at radius 2 is 2.25 bits per heavy atom.